The molecule has 0 bridgehead atoms. The van der Waals surface area contributed by atoms with Crippen LogP contribution < -0.4 is 5.32 Å². The summed E-state index contributed by atoms with van der Waals surface area (Å²) < 4.78 is 5.21. The lowest BCUT2D eigenvalue weighted by molar-refractivity contribution is 0.155. The number of nitriles is 1. The first kappa shape index (κ1) is 15.6. The van der Waals surface area contributed by atoms with Gasteiger partial charge in [-0.05, 0) is 30.4 Å². The van der Waals surface area contributed by atoms with Crippen LogP contribution in [0.2, 0.25) is 0 Å². The number of carbonyl (C=O) groups excluding carboxylic acids is 1. The van der Waals surface area contributed by atoms with Crippen molar-refractivity contribution in [1.29, 1.82) is 5.26 Å². The molecule has 0 radical (unpaired) electrons. The Bertz CT molecular complexity index is 712. The number of thiophene rings is 1. The van der Waals surface area contributed by atoms with E-state index in [-0.39, 0.29) is 6.61 Å². The zero-order valence-electron chi connectivity index (χ0n) is 12.7. The molecule has 1 aliphatic carbocycles. The van der Waals surface area contributed by atoms with Crippen LogP contribution in [0, 0.1) is 11.3 Å². The summed E-state index contributed by atoms with van der Waals surface area (Å²) in [5.74, 6) is 0.531. The minimum Gasteiger partial charge on any atom is -0.444 e. The Balaban J connectivity index is 1.62. The van der Waals surface area contributed by atoms with Gasteiger partial charge in [-0.3, -0.25) is 5.32 Å². The van der Waals surface area contributed by atoms with Crippen LogP contribution in [0.25, 0.3) is 0 Å². The van der Waals surface area contributed by atoms with E-state index in [1.165, 1.54) is 41.9 Å². The second kappa shape index (κ2) is 7.30. The molecule has 0 atom stereocenters. The number of anilines is 1. The second-order valence-corrected chi connectivity index (χ2v) is 6.76. The molecule has 23 heavy (non-hydrogen) atoms. The standard InChI is InChI=1S/C18H18N2O2S/c19-11-15-10-16(14-8-4-5-9-14)23-17(15)20-18(21)22-12-13-6-2-1-3-7-13/h1-3,6-7,10,14H,4-5,8-9,12H2,(H,20,21). The predicted molar refractivity (Wildman–Crippen MR) is 90.5 cm³/mol. The van der Waals surface area contributed by atoms with Crippen LogP contribution >= 0.6 is 11.3 Å². The molecule has 0 saturated heterocycles. The molecule has 2 aromatic rings. The average molecular weight is 326 g/mol. The molecule has 1 fully saturated rings. The number of benzene rings is 1. The van der Waals surface area contributed by atoms with Gasteiger partial charge >= 0.3 is 6.09 Å². The maximum Gasteiger partial charge on any atom is 0.412 e. The monoisotopic (exact) mass is 326 g/mol. The number of hydrogen-bond donors (Lipinski definition) is 1. The van der Waals surface area contributed by atoms with Crippen molar-refractivity contribution in [1.82, 2.24) is 0 Å². The van der Waals surface area contributed by atoms with Crippen LogP contribution in [0.5, 0.6) is 0 Å². The van der Waals surface area contributed by atoms with Gasteiger partial charge in [0.15, 0.2) is 0 Å². The van der Waals surface area contributed by atoms with Crippen LogP contribution in [-0.2, 0) is 11.3 Å². The van der Waals surface area contributed by atoms with E-state index in [1.54, 1.807) is 0 Å². The smallest absolute Gasteiger partial charge is 0.412 e. The van der Waals surface area contributed by atoms with Crippen molar-refractivity contribution < 1.29 is 9.53 Å². The average Bonchev–Trinajstić information content (AvgIpc) is 3.23. The van der Waals surface area contributed by atoms with E-state index >= 15 is 0 Å². The first-order chi connectivity index (χ1) is 11.3. The van der Waals surface area contributed by atoms with Crippen LogP contribution in [0.4, 0.5) is 9.80 Å². The SMILES string of the molecule is N#Cc1cc(C2CCCC2)sc1NC(=O)OCc1ccccc1. The first-order valence-corrected chi connectivity index (χ1v) is 8.59. The molecule has 1 N–H and O–H groups in total. The van der Waals surface area contributed by atoms with Gasteiger partial charge in [-0.1, -0.05) is 43.2 Å². The Morgan fingerprint density at radius 3 is 2.74 bits per heavy atom. The maximum absolute atomic E-state index is 11.9. The van der Waals surface area contributed by atoms with E-state index < -0.39 is 6.09 Å². The van der Waals surface area contributed by atoms with E-state index in [9.17, 15) is 10.1 Å². The molecular weight excluding hydrogens is 308 g/mol. The van der Waals surface area contributed by atoms with Gasteiger partial charge in [0.25, 0.3) is 0 Å². The number of rotatable bonds is 4. The van der Waals surface area contributed by atoms with Gasteiger partial charge in [-0.2, -0.15) is 5.26 Å². The molecule has 1 aliphatic rings. The normalized spacial score (nSPS) is 14.4. The molecule has 1 saturated carbocycles. The molecule has 4 nitrogen and oxygen atoms in total. The lowest BCUT2D eigenvalue weighted by Gasteiger charge is -2.06. The highest BCUT2D eigenvalue weighted by Gasteiger charge is 2.22. The Morgan fingerprint density at radius 2 is 2.04 bits per heavy atom. The lowest BCUT2D eigenvalue weighted by Crippen LogP contribution is -2.13. The number of nitrogens with zero attached hydrogens (tertiary/aromatic N) is 1. The summed E-state index contributed by atoms with van der Waals surface area (Å²) >= 11 is 1.50. The largest absolute Gasteiger partial charge is 0.444 e. The van der Waals surface area contributed by atoms with Crippen molar-refractivity contribution in [3.05, 3.63) is 52.4 Å². The third-order valence-electron chi connectivity index (χ3n) is 4.06. The van der Waals surface area contributed by atoms with E-state index in [1.807, 2.05) is 36.4 Å². The van der Waals surface area contributed by atoms with E-state index in [0.29, 0.717) is 16.5 Å². The molecule has 1 aromatic heterocycles. The molecule has 1 amide bonds. The quantitative estimate of drug-likeness (QED) is 0.857. The van der Waals surface area contributed by atoms with Crippen molar-refractivity contribution in [2.24, 2.45) is 0 Å². The summed E-state index contributed by atoms with van der Waals surface area (Å²) in [5, 5.41) is 12.6. The summed E-state index contributed by atoms with van der Waals surface area (Å²) in [6.45, 7) is 0.218. The molecule has 0 unspecified atom stereocenters. The number of nitrogens with one attached hydrogen (secondary N) is 1. The van der Waals surface area contributed by atoms with Crippen LogP contribution in [0.15, 0.2) is 36.4 Å². The zero-order valence-corrected chi connectivity index (χ0v) is 13.6. The van der Waals surface area contributed by atoms with Crippen molar-refractivity contribution in [3.63, 3.8) is 0 Å². The Kier molecular flexibility index (Phi) is 4.94. The fourth-order valence-electron chi connectivity index (χ4n) is 2.85. The summed E-state index contributed by atoms with van der Waals surface area (Å²) in [5.41, 5.74) is 1.45. The maximum atomic E-state index is 11.9. The van der Waals surface area contributed by atoms with Gasteiger partial charge in [0, 0.05) is 4.88 Å². The molecule has 3 rings (SSSR count). The molecule has 0 aliphatic heterocycles. The number of carbonyl (C=O) groups is 1. The third-order valence-corrected chi connectivity index (χ3v) is 5.27. The number of amides is 1. The third kappa shape index (κ3) is 3.91. The van der Waals surface area contributed by atoms with Gasteiger partial charge in [0.05, 0.1) is 5.56 Å². The minimum absolute atomic E-state index is 0.218. The topological polar surface area (TPSA) is 62.1 Å². The molecule has 5 heteroatoms. The molecule has 1 aromatic carbocycles. The van der Waals surface area contributed by atoms with E-state index in [4.69, 9.17) is 4.74 Å². The van der Waals surface area contributed by atoms with E-state index in [2.05, 4.69) is 11.4 Å². The summed E-state index contributed by atoms with van der Waals surface area (Å²) in [6, 6.07) is 13.6. The van der Waals surface area contributed by atoms with Gasteiger partial charge in [-0.15, -0.1) is 11.3 Å². The Labute approximate surface area is 139 Å². The highest BCUT2D eigenvalue weighted by atomic mass is 32.1. The molecule has 1 heterocycles. The van der Waals surface area contributed by atoms with Crippen LogP contribution in [0.3, 0.4) is 0 Å². The van der Waals surface area contributed by atoms with Gasteiger partial charge in [0.2, 0.25) is 0 Å². The highest BCUT2D eigenvalue weighted by molar-refractivity contribution is 7.16. The lowest BCUT2D eigenvalue weighted by atomic mass is 10.1. The van der Waals surface area contributed by atoms with Gasteiger partial charge in [-0.25, -0.2) is 4.79 Å². The zero-order chi connectivity index (χ0) is 16.1. The van der Waals surface area contributed by atoms with Crippen molar-refractivity contribution in [2.75, 3.05) is 5.32 Å². The Hall–Kier alpha value is -2.32. The van der Waals surface area contributed by atoms with Crippen molar-refractivity contribution in [3.8, 4) is 6.07 Å². The fourth-order valence-corrected chi connectivity index (χ4v) is 4.01. The predicted octanol–water partition coefficient (Wildman–Crippen LogP) is 5.03. The Morgan fingerprint density at radius 1 is 1.30 bits per heavy atom. The summed E-state index contributed by atoms with van der Waals surface area (Å²) in [7, 11) is 0. The second-order valence-electron chi connectivity index (χ2n) is 5.67. The molecule has 118 valence electrons. The first-order valence-electron chi connectivity index (χ1n) is 7.78. The highest BCUT2D eigenvalue weighted by Crippen LogP contribution is 2.40. The number of hydrogen-bond acceptors (Lipinski definition) is 4. The fraction of sp³-hybridized carbons (Fsp3) is 0.333. The molecule has 0 spiro atoms. The van der Waals surface area contributed by atoms with Crippen LogP contribution in [0.1, 0.15) is 47.6 Å². The van der Waals surface area contributed by atoms with Crippen LogP contribution in [-0.4, -0.2) is 6.09 Å². The van der Waals surface area contributed by atoms with E-state index in [0.717, 1.165) is 5.56 Å². The number of ether oxygens (including phenoxy) is 1. The van der Waals surface area contributed by atoms with Gasteiger partial charge in [0.1, 0.15) is 17.7 Å². The van der Waals surface area contributed by atoms with Crippen molar-refractivity contribution in [2.45, 2.75) is 38.2 Å². The summed E-state index contributed by atoms with van der Waals surface area (Å²) in [6.07, 6.45) is 4.30. The minimum atomic E-state index is -0.523. The molecular formula is C18H18N2O2S. The van der Waals surface area contributed by atoms with Gasteiger partial charge < -0.3 is 4.74 Å². The summed E-state index contributed by atoms with van der Waals surface area (Å²) in [4.78, 5) is 13.1. The van der Waals surface area contributed by atoms with Crippen molar-refractivity contribution >= 4 is 22.4 Å².